The molecule has 3 nitrogen and oxygen atoms in total. The molecule has 0 aliphatic carbocycles. The minimum atomic E-state index is 0.0515. The average molecular weight is 306 g/mol. The maximum atomic E-state index is 6.08. The quantitative estimate of drug-likeness (QED) is 0.859. The molecule has 4 heteroatoms. The standard InChI is InChI=1S/C17H20ClNO2/c1-3-20-15-6-4-5-7-16(15)21-17-11-14(18)9-8-13(17)10-12(2)19/h4-9,11-12H,3,10,19H2,1-2H3. The van der Waals surface area contributed by atoms with Crippen LogP contribution in [-0.2, 0) is 6.42 Å². The van der Waals surface area contributed by atoms with Crippen LogP contribution in [0.4, 0.5) is 0 Å². The average Bonchev–Trinajstić information content (AvgIpc) is 2.44. The van der Waals surface area contributed by atoms with E-state index < -0.39 is 0 Å². The first kappa shape index (κ1) is 15.7. The number of para-hydroxylation sites is 2. The summed E-state index contributed by atoms with van der Waals surface area (Å²) in [6.07, 6.45) is 0.726. The summed E-state index contributed by atoms with van der Waals surface area (Å²) in [6, 6.07) is 13.2. The predicted octanol–water partition coefficient (Wildman–Crippen LogP) is 4.42. The van der Waals surface area contributed by atoms with E-state index in [4.69, 9.17) is 26.8 Å². The second-order valence-corrected chi connectivity index (χ2v) is 5.35. The molecule has 0 bridgehead atoms. The second kappa shape index (κ2) is 7.34. The Bertz CT molecular complexity index is 599. The van der Waals surface area contributed by atoms with Crippen LogP contribution in [0.5, 0.6) is 17.2 Å². The molecule has 0 saturated heterocycles. The maximum Gasteiger partial charge on any atom is 0.169 e. The van der Waals surface area contributed by atoms with E-state index in [0.29, 0.717) is 28.9 Å². The van der Waals surface area contributed by atoms with Crippen LogP contribution in [0.3, 0.4) is 0 Å². The molecule has 0 aliphatic heterocycles. The van der Waals surface area contributed by atoms with Crippen LogP contribution in [0.25, 0.3) is 0 Å². The fourth-order valence-corrected chi connectivity index (χ4v) is 2.23. The Morgan fingerprint density at radius 3 is 2.48 bits per heavy atom. The van der Waals surface area contributed by atoms with Gasteiger partial charge < -0.3 is 15.2 Å². The summed E-state index contributed by atoms with van der Waals surface area (Å²) in [5.74, 6) is 2.10. The topological polar surface area (TPSA) is 44.5 Å². The summed E-state index contributed by atoms with van der Waals surface area (Å²) >= 11 is 6.08. The summed E-state index contributed by atoms with van der Waals surface area (Å²) in [5, 5.41) is 0.632. The Hall–Kier alpha value is -1.71. The lowest BCUT2D eigenvalue weighted by atomic mass is 10.1. The van der Waals surface area contributed by atoms with E-state index in [1.165, 1.54) is 0 Å². The van der Waals surface area contributed by atoms with Gasteiger partial charge in [0.25, 0.3) is 0 Å². The van der Waals surface area contributed by atoms with Crippen molar-refractivity contribution >= 4 is 11.6 Å². The van der Waals surface area contributed by atoms with Crippen molar-refractivity contribution in [2.75, 3.05) is 6.61 Å². The Morgan fingerprint density at radius 2 is 1.81 bits per heavy atom. The van der Waals surface area contributed by atoms with Gasteiger partial charge in [0.2, 0.25) is 0 Å². The third kappa shape index (κ3) is 4.38. The molecule has 0 amide bonds. The third-order valence-electron chi connectivity index (χ3n) is 2.94. The SMILES string of the molecule is CCOc1ccccc1Oc1cc(Cl)ccc1CC(C)N. The van der Waals surface area contributed by atoms with Gasteiger partial charge in [-0.05, 0) is 50.1 Å². The molecule has 0 saturated carbocycles. The molecule has 1 unspecified atom stereocenters. The monoisotopic (exact) mass is 305 g/mol. The molecule has 2 rings (SSSR count). The first-order valence-corrected chi connectivity index (χ1v) is 7.41. The van der Waals surface area contributed by atoms with Crippen molar-refractivity contribution in [3.63, 3.8) is 0 Å². The minimum Gasteiger partial charge on any atom is -0.490 e. The Labute approximate surface area is 130 Å². The van der Waals surface area contributed by atoms with Crippen LogP contribution in [-0.4, -0.2) is 12.6 Å². The molecule has 1 atom stereocenters. The van der Waals surface area contributed by atoms with Gasteiger partial charge in [-0.15, -0.1) is 0 Å². The number of ether oxygens (including phenoxy) is 2. The zero-order valence-corrected chi connectivity index (χ0v) is 13.1. The number of benzene rings is 2. The molecule has 112 valence electrons. The summed E-state index contributed by atoms with van der Waals surface area (Å²) < 4.78 is 11.6. The van der Waals surface area contributed by atoms with Crippen LogP contribution >= 0.6 is 11.6 Å². The van der Waals surface area contributed by atoms with Crippen LogP contribution < -0.4 is 15.2 Å². The first-order valence-electron chi connectivity index (χ1n) is 7.04. The smallest absolute Gasteiger partial charge is 0.169 e. The fraction of sp³-hybridized carbons (Fsp3) is 0.294. The number of hydrogen-bond donors (Lipinski definition) is 1. The van der Waals surface area contributed by atoms with Gasteiger partial charge in [-0.1, -0.05) is 29.8 Å². The van der Waals surface area contributed by atoms with Gasteiger partial charge in [-0.2, -0.15) is 0 Å². The van der Waals surface area contributed by atoms with Crippen molar-refractivity contribution in [3.8, 4) is 17.2 Å². The van der Waals surface area contributed by atoms with Gasteiger partial charge in [0.15, 0.2) is 11.5 Å². The lowest BCUT2D eigenvalue weighted by Crippen LogP contribution is -2.18. The van der Waals surface area contributed by atoms with Gasteiger partial charge in [-0.3, -0.25) is 0 Å². The van der Waals surface area contributed by atoms with Crippen molar-refractivity contribution < 1.29 is 9.47 Å². The molecular formula is C17H20ClNO2. The summed E-state index contributed by atoms with van der Waals surface area (Å²) in [7, 11) is 0. The highest BCUT2D eigenvalue weighted by Gasteiger charge is 2.11. The predicted molar refractivity (Wildman–Crippen MR) is 86.5 cm³/mol. The van der Waals surface area contributed by atoms with Crippen LogP contribution in [0.15, 0.2) is 42.5 Å². The van der Waals surface area contributed by atoms with E-state index >= 15 is 0 Å². The van der Waals surface area contributed by atoms with Crippen molar-refractivity contribution in [2.45, 2.75) is 26.3 Å². The molecule has 0 heterocycles. The van der Waals surface area contributed by atoms with E-state index in [1.54, 1.807) is 0 Å². The molecular weight excluding hydrogens is 286 g/mol. The highest BCUT2D eigenvalue weighted by Crippen LogP contribution is 2.34. The lowest BCUT2D eigenvalue weighted by Gasteiger charge is -2.15. The highest BCUT2D eigenvalue weighted by atomic mass is 35.5. The molecule has 2 aromatic carbocycles. The van der Waals surface area contributed by atoms with Crippen molar-refractivity contribution in [1.82, 2.24) is 0 Å². The van der Waals surface area contributed by atoms with Crippen molar-refractivity contribution in [2.24, 2.45) is 5.73 Å². The highest BCUT2D eigenvalue weighted by molar-refractivity contribution is 6.30. The van der Waals surface area contributed by atoms with Crippen LogP contribution in [0.1, 0.15) is 19.4 Å². The zero-order valence-electron chi connectivity index (χ0n) is 12.3. The Kier molecular flexibility index (Phi) is 5.48. The Balaban J connectivity index is 2.32. The molecule has 2 N–H and O–H groups in total. The van der Waals surface area contributed by atoms with Crippen molar-refractivity contribution in [1.29, 1.82) is 0 Å². The van der Waals surface area contributed by atoms with Crippen molar-refractivity contribution in [3.05, 3.63) is 53.1 Å². The first-order chi connectivity index (χ1) is 10.1. The van der Waals surface area contributed by atoms with Gasteiger partial charge in [0.05, 0.1) is 6.61 Å². The van der Waals surface area contributed by atoms with E-state index in [2.05, 4.69) is 0 Å². The second-order valence-electron chi connectivity index (χ2n) is 4.92. The van der Waals surface area contributed by atoms with E-state index in [1.807, 2.05) is 56.3 Å². The third-order valence-corrected chi connectivity index (χ3v) is 3.18. The molecule has 0 spiro atoms. The van der Waals surface area contributed by atoms with Gasteiger partial charge in [0, 0.05) is 11.1 Å². The van der Waals surface area contributed by atoms with Crippen LogP contribution in [0, 0.1) is 0 Å². The van der Waals surface area contributed by atoms with E-state index in [-0.39, 0.29) is 6.04 Å². The summed E-state index contributed by atoms with van der Waals surface area (Å²) in [4.78, 5) is 0. The van der Waals surface area contributed by atoms with E-state index in [0.717, 1.165) is 12.0 Å². The molecule has 0 aliphatic rings. The molecule has 21 heavy (non-hydrogen) atoms. The molecule has 2 aromatic rings. The number of rotatable bonds is 6. The molecule has 0 aromatic heterocycles. The summed E-state index contributed by atoms with van der Waals surface area (Å²) in [5.41, 5.74) is 6.92. The number of hydrogen-bond acceptors (Lipinski definition) is 3. The molecule has 0 fully saturated rings. The van der Waals surface area contributed by atoms with E-state index in [9.17, 15) is 0 Å². The summed E-state index contributed by atoms with van der Waals surface area (Å²) in [6.45, 7) is 4.49. The number of halogens is 1. The maximum absolute atomic E-state index is 6.08. The van der Waals surface area contributed by atoms with Gasteiger partial charge in [0.1, 0.15) is 5.75 Å². The normalized spacial score (nSPS) is 12.0. The lowest BCUT2D eigenvalue weighted by molar-refractivity contribution is 0.321. The number of nitrogens with two attached hydrogens (primary N) is 1. The van der Waals surface area contributed by atoms with Gasteiger partial charge >= 0.3 is 0 Å². The van der Waals surface area contributed by atoms with Gasteiger partial charge in [-0.25, -0.2) is 0 Å². The van der Waals surface area contributed by atoms with Crippen LogP contribution in [0.2, 0.25) is 5.02 Å². The Morgan fingerprint density at radius 1 is 1.10 bits per heavy atom. The molecule has 0 radical (unpaired) electrons. The minimum absolute atomic E-state index is 0.0515. The zero-order chi connectivity index (χ0) is 15.2. The fourth-order valence-electron chi connectivity index (χ4n) is 2.07. The largest absolute Gasteiger partial charge is 0.490 e.